The maximum Gasteiger partial charge on any atom is 0.149 e. The van der Waals surface area contributed by atoms with Crippen LogP contribution in [0.4, 0.5) is 0 Å². The molecule has 0 bridgehead atoms. The van der Waals surface area contributed by atoms with E-state index < -0.39 is 6.10 Å². The summed E-state index contributed by atoms with van der Waals surface area (Å²) < 4.78 is 13.7. The summed E-state index contributed by atoms with van der Waals surface area (Å²) in [6, 6.07) is 16.1. The van der Waals surface area contributed by atoms with Crippen molar-refractivity contribution in [2.45, 2.75) is 45.4 Å². The molecule has 9 heteroatoms. The SMILES string of the molecule is C[C@H](CCl)COc1ccc(C(C)(C)c2ccc(OC[C@H](O)Cn3nnc(I)c3CO)cc2)cc1. The predicted octanol–water partition coefficient (Wildman–Crippen LogP) is 4.39. The normalized spacial score (nSPS) is 13.5. The highest BCUT2D eigenvalue weighted by Gasteiger charge is 2.23. The van der Waals surface area contributed by atoms with Crippen LogP contribution in [-0.4, -0.2) is 50.4 Å². The lowest BCUT2D eigenvalue weighted by Gasteiger charge is -2.26. The maximum absolute atomic E-state index is 10.3. The number of aliphatic hydroxyl groups is 2. The molecule has 0 aliphatic heterocycles. The van der Waals surface area contributed by atoms with E-state index in [1.54, 1.807) is 0 Å². The average Bonchev–Trinajstić information content (AvgIpc) is 3.20. The van der Waals surface area contributed by atoms with Gasteiger partial charge in [-0.2, -0.15) is 0 Å². The molecule has 0 amide bonds. The van der Waals surface area contributed by atoms with Crippen LogP contribution in [0.25, 0.3) is 0 Å². The Bertz CT molecular complexity index is 1040. The molecule has 184 valence electrons. The molecule has 0 fully saturated rings. The van der Waals surface area contributed by atoms with Gasteiger partial charge in [0.2, 0.25) is 0 Å². The number of aliphatic hydroxyl groups excluding tert-OH is 2. The van der Waals surface area contributed by atoms with Gasteiger partial charge in [0.05, 0.1) is 25.5 Å². The summed E-state index contributed by atoms with van der Waals surface area (Å²) in [5.74, 6) is 2.40. The molecule has 2 N–H and O–H groups in total. The van der Waals surface area contributed by atoms with E-state index in [9.17, 15) is 10.2 Å². The molecule has 7 nitrogen and oxygen atoms in total. The van der Waals surface area contributed by atoms with Gasteiger partial charge in [0.25, 0.3) is 0 Å². The van der Waals surface area contributed by atoms with Crippen LogP contribution in [0.2, 0.25) is 0 Å². The monoisotopic (exact) mass is 599 g/mol. The zero-order chi connectivity index (χ0) is 24.7. The minimum atomic E-state index is -0.785. The zero-order valence-corrected chi connectivity index (χ0v) is 22.5. The molecule has 0 saturated heterocycles. The molecule has 0 saturated carbocycles. The fourth-order valence-electron chi connectivity index (χ4n) is 3.44. The second-order valence-electron chi connectivity index (χ2n) is 8.88. The molecule has 2 aromatic carbocycles. The molecular weight excluding hydrogens is 569 g/mol. The number of aromatic nitrogens is 3. The Morgan fingerprint density at radius 3 is 2.03 bits per heavy atom. The Morgan fingerprint density at radius 1 is 1.00 bits per heavy atom. The second kappa shape index (κ2) is 12.2. The molecule has 0 aliphatic rings. The molecular formula is C25H31ClIN3O4. The topological polar surface area (TPSA) is 89.6 Å². The summed E-state index contributed by atoms with van der Waals surface area (Å²) in [7, 11) is 0. The maximum atomic E-state index is 10.3. The molecule has 0 unspecified atom stereocenters. The highest BCUT2D eigenvalue weighted by Crippen LogP contribution is 2.33. The fourth-order valence-corrected chi connectivity index (χ4v) is 4.07. The Morgan fingerprint density at radius 2 is 1.53 bits per heavy atom. The third kappa shape index (κ3) is 6.84. The van der Waals surface area contributed by atoms with E-state index in [1.807, 2.05) is 59.0 Å². The Kier molecular flexibility index (Phi) is 9.58. The standard InChI is InChI=1S/C25H31ClIN3O4/c1-17(12-26)15-33-21-8-4-18(5-9-21)25(2,3)19-6-10-22(11-7-19)34-16-20(32)13-30-23(14-31)24(27)28-29-30/h4-11,17,20,31-32H,12-16H2,1-3H3/t17-,20-/m1/s1. The molecule has 3 rings (SSSR count). The molecule has 3 aromatic rings. The fraction of sp³-hybridized carbons (Fsp3) is 0.440. The summed E-state index contributed by atoms with van der Waals surface area (Å²) in [5, 5.41) is 27.6. The van der Waals surface area contributed by atoms with Gasteiger partial charge in [0.15, 0.2) is 0 Å². The van der Waals surface area contributed by atoms with Crippen LogP contribution in [0.15, 0.2) is 48.5 Å². The molecule has 2 atom stereocenters. The third-order valence-corrected chi connectivity index (χ3v) is 7.08. The molecule has 1 aromatic heterocycles. The lowest BCUT2D eigenvalue weighted by Crippen LogP contribution is -2.25. The van der Waals surface area contributed by atoms with Crippen LogP contribution in [0, 0.1) is 9.62 Å². The van der Waals surface area contributed by atoms with E-state index in [0.29, 0.717) is 33.5 Å². The van der Waals surface area contributed by atoms with Crippen molar-refractivity contribution in [1.82, 2.24) is 15.0 Å². The number of rotatable bonds is 12. The number of hydrogen-bond acceptors (Lipinski definition) is 6. The van der Waals surface area contributed by atoms with Crippen molar-refractivity contribution in [3.05, 3.63) is 69.1 Å². The average molecular weight is 600 g/mol. The van der Waals surface area contributed by atoms with Gasteiger partial charge in [-0.15, -0.1) is 16.7 Å². The first kappa shape index (κ1) is 26.7. The first-order chi connectivity index (χ1) is 16.2. The Hall–Kier alpha value is -1.88. The number of hydrogen-bond donors (Lipinski definition) is 2. The van der Waals surface area contributed by atoms with Crippen LogP contribution >= 0.6 is 34.2 Å². The largest absolute Gasteiger partial charge is 0.493 e. The van der Waals surface area contributed by atoms with Gasteiger partial charge in [-0.1, -0.05) is 50.3 Å². The van der Waals surface area contributed by atoms with Crippen LogP contribution in [-0.2, 0) is 18.6 Å². The zero-order valence-electron chi connectivity index (χ0n) is 19.6. The lowest BCUT2D eigenvalue weighted by molar-refractivity contribution is 0.0866. The first-order valence-corrected chi connectivity index (χ1v) is 12.7. The molecule has 34 heavy (non-hydrogen) atoms. The van der Waals surface area contributed by atoms with Gasteiger partial charge < -0.3 is 19.7 Å². The van der Waals surface area contributed by atoms with Gasteiger partial charge in [-0.3, -0.25) is 0 Å². The Labute approximate surface area is 219 Å². The molecule has 0 aliphatic carbocycles. The van der Waals surface area contributed by atoms with E-state index in [0.717, 1.165) is 11.3 Å². The number of nitrogens with zero attached hydrogens (tertiary/aromatic N) is 3. The molecule has 1 heterocycles. The first-order valence-electron chi connectivity index (χ1n) is 11.1. The van der Waals surface area contributed by atoms with Gasteiger partial charge in [-0.05, 0) is 58.0 Å². The number of benzene rings is 2. The molecule has 0 spiro atoms. The van der Waals surface area contributed by atoms with Crippen LogP contribution in [0.5, 0.6) is 11.5 Å². The summed E-state index contributed by atoms with van der Waals surface area (Å²) in [6.45, 7) is 7.13. The van der Waals surface area contributed by atoms with Crippen molar-refractivity contribution in [2.24, 2.45) is 5.92 Å². The van der Waals surface area contributed by atoms with Gasteiger partial charge in [0.1, 0.15) is 27.9 Å². The smallest absolute Gasteiger partial charge is 0.149 e. The van der Waals surface area contributed by atoms with Gasteiger partial charge >= 0.3 is 0 Å². The van der Waals surface area contributed by atoms with E-state index in [4.69, 9.17) is 21.1 Å². The van der Waals surface area contributed by atoms with Crippen molar-refractivity contribution in [3.8, 4) is 11.5 Å². The van der Waals surface area contributed by atoms with E-state index in [1.165, 1.54) is 10.2 Å². The van der Waals surface area contributed by atoms with Crippen molar-refractivity contribution in [2.75, 3.05) is 19.1 Å². The van der Waals surface area contributed by atoms with Crippen molar-refractivity contribution < 1.29 is 19.7 Å². The third-order valence-electron chi connectivity index (χ3n) is 5.72. The Balaban J connectivity index is 1.57. The van der Waals surface area contributed by atoms with Crippen LogP contribution in [0.1, 0.15) is 37.6 Å². The quantitative estimate of drug-likeness (QED) is 0.237. The number of ether oxygens (including phenoxy) is 2. The number of alkyl halides is 1. The van der Waals surface area contributed by atoms with E-state index in [-0.39, 0.29) is 25.2 Å². The van der Waals surface area contributed by atoms with Gasteiger partial charge in [-0.25, -0.2) is 4.68 Å². The van der Waals surface area contributed by atoms with Crippen LogP contribution < -0.4 is 9.47 Å². The molecule has 0 radical (unpaired) electrons. The lowest BCUT2D eigenvalue weighted by atomic mass is 9.78. The van der Waals surface area contributed by atoms with E-state index >= 15 is 0 Å². The minimum absolute atomic E-state index is 0.105. The second-order valence-corrected chi connectivity index (χ2v) is 10.2. The van der Waals surface area contributed by atoms with Crippen molar-refractivity contribution >= 4 is 34.2 Å². The summed E-state index contributed by atoms with van der Waals surface area (Å²) >= 11 is 7.85. The summed E-state index contributed by atoms with van der Waals surface area (Å²) in [6.07, 6.45) is -0.785. The summed E-state index contributed by atoms with van der Waals surface area (Å²) in [5.41, 5.74) is 2.70. The predicted molar refractivity (Wildman–Crippen MR) is 141 cm³/mol. The number of halogens is 2. The van der Waals surface area contributed by atoms with Crippen LogP contribution in [0.3, 0.4) is 0 Å². The van der Waals surface area contributed by atoms with Gasteiger partial charge in [0, 0.05) is 17.2 Å². The summed E-state index contributed by atoms with van der Waals surface area (Å²) in [4.78, 5) is 0. The minimum Gasteiger partial charge on any atom is -0.493 e. The highest BCUT2D eigenvalue weighted by molar-refractivity contribution is 14.1. The van der Waals surface area contributed by atoms with E-state index in [2.05, 4.69) is 43.2 Å². The van der Waals surface area contributed by atoms with Crippen molar-refractivity contribution in [3.63, 3.8) is 0 Å². The van der Waals surface area contributed by atoms with Crippen molar-refractivity contribution in [1.29, 1.82) is 0 Å². The highest BCUT2D eigenvalue weighted by atomic mass is 127.